The van der Waals surface area contributed by atoms with Crippen LogP contribution >= 0.6 is 0 Å². The Bertz CT molecular complexity index is 2160. The SMILES string of the molecule is COC1=CC2=C(c3c(C4CCCCC4)c4ccc(C(=O)NS(=O)(=O)C(C)C)cc4n3CC(c3c(C(=O)N4C5COCC4COC5)cnn3C)=C2)C(C)C1. The molecular weight excluding hydrogens is 695 g/mol. The van der Waals surface area contributed by atoms with E-state index in [4.69, 9.17) is 14.2 Å². The summed E-state index contributed by atoms with van der Waals surface area (Å²) in [5.74, 6) is 0.590. The van der Waals surface area contributed by atoms with E-state index in [2.05, 4.69) is 33.5 Å². The van der Waals surface area contributed by atoms with Crippen LogP contribution in [0.2, 0.25) is 0 Å². The lowest BCUT2D eigenvalue weighted by Gasteiger charge is -2.45. The molecule has 1 saturated carbocycles. The quantitative estimate of drug-likeness (QED) is 0.333. The van der Waals surface area contributed by atoms with Crippen molar-refractivity contribution in [1.82, 2.24) is 24.0 Å². The molecule has 3 fully saturated rings. The van der Waals surface area contributed by atoms with Crippen LogP contribution in [0.4, 0.5) is 0 Å². The van der Waals surface area contributed by atoms with Crippen LogP contribution in [0.5, 0.6) is 0 Å². The summed E-state index contributed by atoms with van der Waals surface area (Å²) in [6.45, 7) is 7.45. The van der Waals surface area contributed by atoms with E-state index in [0.717, 1.165) is 71.3 Å². The van der Waals surface area contributed by atoms with Crippen LogP contribution in [0.25, 0.3) is 22.0 Å². The molecule has 13 heteroatoms. The molecule has 1 atom stereocenters. The average molecular weight is 744 g/mol. The van der Waals surface area contributed by atoms with Crippen molar-refractivity contribution in [3.05, 3.63) is 76.0 Å². The molecule has 12 nitrogen and oxygen atoms in total. The standard InChI is InChI=1S/C40H49N5O7S/c1-23(2)53(48,49)42-39(46)26-11-12-32-34(16-26)44-18-28(37-33(17-41-43(37)4)40(47)45-29-19-51-21-30(45)22-52-20-29)14-27-15-31(50-5)13-24(3)35(27)38(44)36(32)25-9-7-6-8-10-25/h11-12,14-17,23-25,29-30H,6-10,13,18-22H2,1-5H3,(H,42,46). The first-order valence-corrected chi connectivity index (χ1v) is 20.4. The van der Waals surface area contributed by atoms with Crippen LogP contribution in [-0.4, -0.2) is 90.4 Å². The second-order valence-corrected chi connectivity index (χ2v) is 17.8. The topological polar surface area (TPSA) is 134 Å². The number of ether oxygens (including phenoxy) is 3. The Kier molecular flexibility index (Phi) is 9.39. The number of fused-ring (bicyclic) bond motifs is 6. The molecule has 1 N–H and O–H groups in total. The third-order valence-corrected chi connectivity index (χ3v) is 13.5. The van der Waals surface area contributed by atoms with Gasteiger partial charge in [0.15, 0.2) is 0 Å². The van der Waals surface area contributed by atoms with E-state index in [1.54, 1.807) is 37.9 Å². The Morgan fingerprint density at radius 2 is 1.70 bits per heavy atom. The highest BCUT2D eigenvalue weighted by Crippen LogP contribution is 2.49. The molecule has 3 aromatic rings. The summed E-state index contributed by atoms with van der Waals surface area (Å²) < 4.78 is 49.4. The van der Waals surface area contributed by atoms with Crippen molar-refractivity contribution in [3.8, 4) is 0 Å². The third-order valence-electron chi connectivity index (χ3n) is 11.8. The summed E-state index contributed by atoms with van der Waals surface area (Å²) in [6.07, 6.45) is 12.4. The first-order chi connectivity index (χ1) is 25.5. The molecule has 3 aliphatic heterocycles. The lowest BCUT2D eigenvalue weighted by Crippen LogP contribution is -2.61. The number of nitrogens with zero attached hydrogens (tertiary/aromatic N) is 4. The Balaban J connectivity index is 1.34. The molecule has 2 aliphatic carbocycles. The van der Waals surface area contributed by atoms with E-state index >= 15 is 0 Å². The number of hydrogen-bond acceptors (Lipinski definition) is 8. The highest BCUT2D eigenvalue weighted by atomic mass is 32.2. The molecule has 8 rings (SSSR count). The zero-order valence-electron chi connectivity index (χ0n) is 31.2. The number of benzene rings is 1. The normalized spacial score (nSPS) is 23.7. The second kappa shape index (κ2) is 13.9. The maximum atomic E-state index is 14.5. The van der Waals surface area contributed by atoms with Gasteiger partial charge in [0, 0.05) is 35.6 Å². The minimum Gasteiger partial charge on any atom is -0.501 e. The van der Waals surface area contributed by atoms with E-state index in [9.17, 15) is 18.0 Å². The number of aromatic nitrogens is 3. The summed E-state index contributed by atoms with van der Waals surface area (Å²) >= 11 is 0. The van der Waals surface area contributed by atoms with Gasteiger partial charge in [-0.25, -0.2) is 13.1 Å². The molecule has 5 heterocycles. The summed E-state index contributed by atoms with van der Waals surface area (Å²) in [5.41, 5.74) is 7.96. The fourth-order valence-electron chi connectivity index (χ4n) is 9.10. The molecule has 2 saturated heterocycles. The Morgan fingerprint density at radius 1 is 1.00 bits per heavy atom. The van der Waals surface area contributed by atoms with Crippen molar-refractivity contribution in [1.29, 1.82) is 0 Å². The van der Waals surface area contributed by atoms with Gasteiger partial charge in [0.05, 0.1) is 80.6 Å². The predicted molar refractivity (Wildman–Crippen MR) is 202 cm³/mol. The molecule has 0 spiro atoms. The number of aryl methyl sites for hydroxylation is 1. The fourth-order valence-corrected chi connectivity index (χ4v) is 9.71. The molecule has 2 aromatic heterocycles. The maximum Gasteiger partial charge on any atom is 0.264 e. The first kappa shape index (κ1) is 35.8. The van der Waals surface area contributed by atoms with Crippen LogP contribution < -0.4 is 4.72 Å². The van der Waals surface area contributed by atoms with Crippen LogP contribution in [0.3, 0.4) is 0 Å². The Hall–Kier alpha value is -4.20. The summed E-state index contributed by atoms with van der Waals surface area (Å²) in [5, 5.41) is 4.97. The third kappa shape index (κ3) is 6.24. The molecule has 282 valence electrons. The zero-order valence-corrected chi connectivity index (χ0v) is 32.0. The summed E-state index contributed by atoms with van der Waals surface area (Å²) in [6, 6.07) is 5.25. The van der Waals surface area contributed by atoms with Crippen molar-refractivity contribution in [2.45, 2.75) is 89.1 Å². The first-order valence-electron chi connectivity index (χ1n) is 18.9. The number of rotatable bonds is 7. The van der Waals surface area contributed by atoms with E-state index in [1.165, 1.54) is 17.6 Å². The maximum absolute atomic E-state index is 14.5. The minimum absolute atomic E-state index is 0.0926. The van der Waals surface area contributed by atoms with E-state index < -0.39 is 21.2 Å². The Labute approximate surface area is 310 Å². The van der Waals surface area contributed by atoms with Gasteiger partial charge in [0.2, 0.25) is 10.0 Å². The Morgan fingerprint density at radius 3 is 2.36 bits per heavy atom. The van der Waals surface area contributed by atoms with Crippen molar-refractivity contribution in [2.75, 3.05) is 33.5 Å². The number of hydrogen-bond donors (Lipinski definition) is 1. The van der Waals surface area contributed by atoms with E-state index in [-0.39, 0.29) is 29.5 Å². The van der Waals surface area contributed by atoms with E-state index in [1.807, 2.05) is 24.1 Å². The van der Waals surface area contributed by atoms with Gasteiger partial charge >= 0.3 is 0 Å². The molecule has 2 amide bonds. The van der Waals surface area contributed by atoms with Crippen molar-refractivity contribution in [2.24, 2.45) is 13.0 Å². The van der Waals surface area contributed by atoms with Crippen LogP contribution in [0.15, 0.2) is 47.9 Å². The van der Waals surface area contributed by atoms with Gasteiger partial charge in [0.25, 0.3) is 11.8 Å². The van der Waals surface area contributed by atoms with Gasteiger partial charge in [-0.1, -0.05) is 32.3 Å². The van der Waals surface area contributed by atoms with Gasteiger partial charge in [-0.2, -0.15) is 5.10 Å². The minimum atomic E-state index is -3.84. The van der Waals surface area contributed by atoms with Gasteiger partial charge in [0.1, 0.15) is 0 Å². The molecule has 1 unspecified atom stereocenters. The average Bonchev–Trinajstić information content (AvgIpc) is 3.61. The van der Waals surface area contributed by atoms with Crippen molar-refractivity contribution in [3.63, 3.8) is 0 Å². The monoisotopic (exact) mass is 743 g/mol. The molecule has 1 aromatic carbocycles. The number of sulfonamides is 1. The van der Waals surface area contributed by atoms with Crippen LogP contribution in [-0.2, 0) is 37.8 Å². The second-order valence-electron chi connectivity index (χ2n) is 15.5. The number of morpholine rings is 2. The fraction of sp³-hybridized carbons (Fsp3) is 0.525. The highest BCUT2D eigenvalue weighted by molar-refractivity contribution is 7.90. The van der Waals surface area contributed by atoms with Gasteiger partial charge in [-0.05, 0) is 85.1 Å². The lowest BCUT2D eigenvalue weighted by molar-refractivity contribution is -0.119. The smallest absolute Gasteiger partial charge is 0.264 e. The molecule has 0 radical (unpaired) electrons. The number of carbonyl (C=O) groups excluding carboxylic acids is 2. The highest BCUT2D eigenvalue weighted by Gasteiger charge is 2.41. The molecule has 2 bridgehead atoms. The zero-order chi connectivity index (χ0) is 37.2. The van der Waals surface area contributed by atoms with Gasteiger partial charge in [-0.3, -0.25) is 14.3 Å². The molecular formula is C40H49N5O7S. The number of amides is 2. The van der Waals surface area contributed by atoms with Crippen LogP contribution in [0.1, 0.15) is 103 Å². The number of nitrogens with one attached hydrogen (secondary N) is 1. The largest absolute Gasteiger partial charge is 0.501 e. The van der Waals surface area contributed by atoms with E-state index in [0.29, 0.717) is 44.5 Å². The lowest BCUT2D eigenvalue weighted by atomic mass is 9.78. The summed E-state index contributed by atoms with van der Waals surface area (Å²) in [7, 11) is -0.256. The number of methoxy groups -OCH3 is 1. The predicted octanol–water partition coefficient (Wildman–Crippen LogP) is 5.55. The molecule has 53 heavy (non-hydrogen) atoms. The van der Waals surface area contributed by atoms with Crippen LogP contribution in [0, 0.1) is 5.92 Å². The van der Waals surface area contributed by atoms with Gasteiger partial charge < -0.3 is 23.7 Å². The van der Waals surface area contributed by atoms with Gasteiger partial charge in [-0.15, -0.1) is 0 Å². The van der Waals surface area contributed by atoms with Crippen molar-refractivity contribution >= 4 is 43.9 Å². The number of allylic oxidation sites excluding steroid dienone is 6. The van der Waals surface area contributed by atoms with Crippen molar-refractivity contribution < 1.29 is 32.2 Å². The summed E-state index contributed by atoms with van der Waals surface area (Å²) in [4.78, 5) is 30.0. The number of carbonyl (C=O) groups is 2. The molecule has 5 aliphatic rings.